The molecule has 0 aliphatic heterocycles. The molecule has 0 saturated heterocycles. The van der Waals surface area contributed by atoms with E-state index >= 15 is 0 Å². The van der Waals surface area contributed by atoms with E-state index in [-0.39, 0.29) is 15.6 Å². The first-order chi connectivity index (χ1) is 11.3. The van der Waals surface area contributed by atoms with Crippen molar-refractivity contribution in [2.45, 2.75) is 6.92 Å². The second-order valence-corrected chi connectivity index (χ2v) is 6.90. The van der Waals surface area contributed by atoms with Crippen molar-refractivity contribution in [2.24, 2.45) is 0 Å². The number of anilines is 1. The summed E-state index contributed by atoms with van der Waals surface area (Å²) < 4.78 is 5.37. The van der Waals surface area contributed by atoms with E-state index in [0.29, 0.717) is 15.6 Å². The molecule has 2 rings (SSSR count). The van der Waals surface area contributed by atoms with Gasteiger partial charge < -0.3 is 10.1 Å². The molecule has 0 unspecified atom stereocenters. The van der Waals surface area contributed by atoms with Crippen LogP contribution in [0.1, 0.15) is 15.9 Å². The number of hydrogen-bond donors (Lipinski definition) is 1. The fraction of sp³-hybridized carbons (Fsp3) is 0.143. The van der Waals surface area contributed by atoms with Crippen LogP contribution < -0.4 is 5.32 Å². The molecule has 7 nitrogen and oxygen atoms in total. The van der Waals surface area contributed by atoms with Crippen molar-refractivity contribution >= 4 is 57.8 Å². The highest BCUT2D eigenvalue weighted by atomic mass is 35.5. The quantitative estimate of drug-likeness (QED) is 0.472. The highest BCUT2D eigenvalue weighted by Crippen LogP contribution is 2.31. The van der Waals surface area contributed by atoms with Gasteiger partial charge in [0.05, 0.1) is 14.8 Å². The fourth-order valence-electron chi connectivity index (χ4n) is 1.78. The van der Waals surface area contributed by atoms with Gasteiger partial charge in [0, 0.05) is 17.8 Å². The first kappa shape index (κ1) is 18.2. The van der Waals surface area contributed by atoms with E-state index in [2.05, 4.69) is 5.32 Å². The third-order valence-electron chi connectivity index (χ3n) is 2.91. The SMILES string of the molecule is Cc1cc([N+](=O)[O-])ccc1NC(=O)COC(=O)c1cc(Cl)sc1Cl. The van der Waals surface area contributed by atoms with Crippen LogP contribution in [-0.4, -0.2) is 23.4 Å². The summed E-state index contributed by atoms with van der Waals surface area (Å²) in [4.78, 5) is 33.8. The van der Waals surface area contributed by atoms with E-state index in [4.69, 9.17) is 27.9 Å². The molecule has 0 fully saturated rings. The Morgan fingerprint density at radius 3 is 2.58 bits per heavy atom. The van der Waals surface area contributed by atoms with Gasteiger partial charge in [-0.25, -0.2) is 4.79 Å². The fourth-order valence-corrected chi connectivity index (χ4v) is 3.22. The number of nitrogens with zero attached hydrogens (tertiary/aromatic N) is 1. The van der Waals surface area contributed by atoms with Crippen molar-refractivity contribution in [3.8, 4) is 0 Å². The van der Waals surface area contributed by atoms with Crippen molar-refractivity contribution in [3.63, 3.8) is 0 Å². The van der Waals surface area contributed by atoms with Gasteiger partial charge in [0.2, 0.25) is 0 Å². The molecule has 0 aliphatic rings. The van der Waals surface area contributed by atoms with E-state index in [1.807, 2.05) is 0 Å². The molecule has 0 aliphatic carbocycles. The van der Waals surface area contributed by atoms with Crippen LogP contribution in [0.3, 0.4) is 0 Å². The summed E-state index contributed by atoms with van der Waals surface area (Å²) in [5.41, 5.74) is 0.904. The average molecular weight is 389 g/mol. The second kappa shape index (κ2) is 7.61. The van der Waals surface area contributed by atoms with Gasteiger partial charge >= 0.3 is 5.97 Å². The lowest BCUT2D eigenvalue weighted by molar-refractivity contribution is -0.384. The molecule has 126 valence electrons. The number of halogens is 2. The molecule has 0 radical (unpaired) electrons. The number of esters is 1. The number of carbonyl (C=O) groups excluding carboxylic acids is 2. The van der Waals surface area contributed by atoms with E-state index in [9.17, 15) is 19.7 Å². The number of nitro benzene ring substituents is 1. The second-order valence-electron chi connectivity index (χ2n) is 4.62. The number of benzene rings is 1. The predicted molar refractivity (Wildman–Crippen MR) is 91.1 cm³/mol. The van der Waals surface area contributed by atoms with Crippen LogP contribution in [0.2, 0.25) is 8.67 Å². The lowest BCUT2D eigenvalue weighted by Gasteiger charge is -2.08. The first-order valence-corrected chi connectivity index (χ1v) is 8.02. The summed E-state index contributed by atoms with van der Waals surface area (Å²) in [6.45, 7) is 1.08. The topological polar surface area (TPSA) is 98.5 Å². The summed E-state index contributed by atoms with van der Waals surface area (Å²) >= 11 is 12.6. The number of rotatable bonds is 5. The third kappa shape index (κ3) is 4.44. The first-order valence-electron chi connectivity index (χ1n) is 6.44. The van der Waals surface area contributed by atoms with Gasteiger partial charge in [-0.2, -0.15) is 0 Å². The largest absolute Gasteiger partial charge is 0.452 e. The van der Waals surface area contributed by atoms with Crippen molar-refractivity contribution in [3.05, 3.63) is 54.2 Å². The minimum Gasteiger partial charge on any atom is -0.452 e. The molecule has 1 aromatic heterocycles. The summed E-state index contributed by atoms with van der Waals surface area (Å²) in [5.74, 6) is -1.35. The van der Waals surface area contributed by atoms with Gasteiger partial charge in [-0.15, -0.1) is 11.3 Å². The van der Waals surface area contributed by atoms with Gasteiger partial charge in [-0.1, -0.05) is 23.2 Å². The summed E-state index contributed by atoms with van der Waals surface area (Å²) in [7, 11) is 0. The summed E-state index contributed by atoms with van der Waals surface area (Å²) in [6, 6.07) is 5.36. The number of non-ortho nitro benzene ring substituents is 1. The lowest BCUT2D eigenvalue weighted by Crippen LogP contribution is -2.21. The average Bonchev–Trinajstić information content (AvgIpc) is 2.85. The number of nitro groups is 1. The lowest BCUT2D eigenvalue weighted by atomic mass is 10.2. The predicted octanol–water partition coefficient (Wildman–Crippen LogP) is 4.07. The normalized spacial score (nSPS) is 10.3. The van der Waals surface area contributed by atoms with Crippen LogP contribution in [0.5, 0.6) is 0 Å². The Bertz CT molecular complexity index is 821. The van der Waals surface area contributed by atoms with Crippen molar-refractivity contribution in [1.82, 2.24) is 0 Å². The van der Waals surface area contributed by atoms with E-state index in [1.54, 1.807) is 6.92 Å². The highest BCUT2D eigenvalue weighted by Gasteiger charge is 2.17. The maximum Gasteiger partial charge on any atom is 0.341 e. The molecule has 24 heavy (non-hydrogen) atoms. The van der Waals surface area contributed by atoms with E-state index in [1.165, 1.54) is 24.3 Å². The monoisotopic (exact) mass is 388 g/mol. The zero-order valence-electron chi connectivity index (χ0n) is 12.2. The molecular weight excluding hydrogens is 379 g/mol. The van der Waals surface area contributed by atoms with Crippen molar-refractivity contribution in [2.75, 3.05) is 11.9 Å². The third-order valence-corrected chi connectivity index (χ3v) is 4.39. The molecule has 1 N–H and O–H groups in total. The Hall–Kier alpha value is -2.16. The van der Waals surface area contributed by atoms with Gasteiger partial charge in [-0.3, -0.25) is 14.9 Å². The van der Waals surface area contributed by atoms with Crippen LogP contribution >= 0.6 is 34.5 Å². The van der Waals surface area contributed by atoms with E-state index in [0.717, 1.165) is 11.3 Å². The summed E-state index contributed by atoms with van der Waals surface area (Å²) in [5, 5.41) is 13.2. The number of carbonyl (C=O) groups is 2. The molecule has 10 heteroatoms. The maximum atomic E-state index is 11.8. The van der Waals surface area contributed by atoms with Crippen LogP contribution in [0.4, 0.5) is 11.4 Å². The molecule has 1 aromatic carbocycles. The van der Waals surface area contributed by atoms with Gasteiger partial charge in [0.15, 0.2) is 6.61 Å². The van der Waals surface area contributed by atoms with Crippen molar-refractivity contribution < 1.29 is 19.2 Å². The minimum atomic E-state index is -0.765. The molecule has 0 atom stereocenters. The molecule has 1 heterocycles. The van der Waals surface area contributed by atoms with Crippen molar-refractivity contribution in [1.29, 1.82) is 0 Å². The Labute approximate surface area is 150 Å². The van der Waals surface area contributed by atoms with Crippen LogP contribution in [-0.2, 0) is 9.53 Å². The molecular formula is C14H10Cl2N2O5S. The molecule has 1 amide bonds. The smallest absolute Gasteiger partial charge is 0.341 e. The number of ether oxygens (including phenoxy) is 1. The highest BCUT2D eigenvalue weighted by molar-refractivity contribution is 7.20. The number of nitrogens with one attached hydrogen (secondary N) is 1. The summed E-state index contributed by atoms with van der Waals surface area (Å²) in [6.07, 6.45) is 0. The number of hydrogen-bond acceptors (Lipinski definition) is 6. The zero-order chi connectivity index (χ0) is 17.9. The maximum absolute atomic E-state index is 11.8. The van der Waals surface area contributed by atoms with Crippen LogP contribution in [0, 0.1) is 17.0 Å². The Morgan fingerprint density at radius 1 is 1.33 bits per heavy atom. The number of amides is 1. The minimum absolute atomic E-state index is 0.0825. The Kier molecular flexibility index (Phi) is 5.76. The molecule has 0 spiro atoms. The number of thiophene rings is 1. The Morgan fingerprint density at radius 2 is 2.04 bits per heavy atom. The zero-order valence-corrected chi connectivity index (χ0v) is 14.5. The molecule has 0 bridgehead atoms. The molecule has 2 aromatic rings. The van der Waals surface area contributed by atoms with E-state index < -0.39 is 23.4 Å². The van der Waals surface area contributed by atoms with Crippen LogP contribution in [0.15, 0.2) is 24.3 Å². The van der Waals surface area contributed by atoms with Gasteiger partial charge in [0.1, 0.15) is 4.34 Å². The van der Waals surface area contributed by atoms with Gasteiger partial charge in [0.25, 0.3) is 11.6 Å². The standard InChI is InChI=1S/C14H10Cl2N2O5S/c1-7-4-8(18(21)22)2-3-10(7)17-12(19)6-23-14(20)9-5-11(15)24-13(9)16/h2-5H,6H2,1H3,(H,17,19). The molecule has 0 saturated carbocycles. The number of aryl methyl sites for hydroxylation is 1. The van der Waals surface area contributed by atoms with Gasteiger partial charge in [-0.05, 0) is 24.6 Å². The Balaban J connectivity index is 1.95. The van der Waals surface area contributed by atoms with Crippen LogP contribution in [0.25, 0.3) is 0 Å².